The van der Waals surface area contributed by atoms with Gasteiger partial charge in [0.15, 0.2) is 0 Å². The maximum absolute atomic E-state index is 12.7. The predicted molar refractivity (Wildman–Crippen MR) is 141 cm³/mol. The molecule has 0 radical (unpaired) electrons. The van der Waals surface area contributed by atoms with Crippen LogP contribution in [0.3, 0.4) is 0 Å². The monoisotopic (exact) mass is 525 g/mol. The third-order valence-corrected chi connectivity index (χ3v) is 7.68. The summed E-state index contributed by atoms with van der Waals surface area (Å²) in [5, 5.41) is 6.11. The van der Waals surface area contributed by atoms with Crippen LogP contribution in [0.25, 0.3) is 28.2 Å². The maximum Gasteiger partial charge on any atom is 0.298 e. The van der Waals surface area contributed by atoms with Crippen molar-refractivity contribution in [2.24, 2.45) is 5.14 Å². The average molecular weight is 526 g/mol. The maximum atomic E-state index is 12.7. The molecule has 37 heavy (non-hydrogen) atoms. The molecule has 0 bridgehead atoms. The second kappa shape index (κ2) is 10.3. The smallest absolute Gasteiger partial charge is 0.298 e. The minimum Gasteiger partial charge on any atom is -0.497 e. The van der Waals surface area contributed by atoms with Gasteiger partial charge in [0.2, 0.25) is 0 Å². The second-order valence-electron chi connectivity index (χ2n) is 9.58. The zero-order chi connectivity index (χ0) is 26.2. The van der Waals surface area contributed by atoms with E-state index in [0.29, 0.717) is 12.5 Å². The highest BCUT2D eigenvalue weighted by atomic mass is 32.2. The van der Waals surface area contributed by atoms with Crippen molar-refractivity contribution in [3.63, 3.8) is 0 Å². The Balaban J connectivity index is 1.77. The van der Waals surface area contributed by atoms with Crippen LogP contribution in [0.5, 0.6) is 5.75 Å². The fraction of sp³-hybridized carbons (Fsp3) is 0.370. The number of fused-ring (bicyclic) bond motifs is 5. The van der Waals surface area contributed by atoms with E-state index < -0.39 is 16.1 Å². The van der Waals surface area contributed by atoms with Crippen LogP contribution in [0.2, 0.25) is 0 Å². The Labute approximate surface area is 216 Å². The van der Waals surface area contributed by atoms with Gasteiger partial charge in [-0.25, -0.2) is 19.6 Å². The van der Waals surface area contributed by atoms with E-state index in [9.17, 15) is 13.2 Å². The first kappa shape index (κ1) is 25.5. The van der Waals surface area contributed by atoms with Gasteiger partial charge in [-0.3, -0.25) is 4.79 Å². The molecule has 1 amide bonds. The van der Waals surface area contributed by atoms with E-state index in [1.807, 2.05) is 22.9 Å². The largest absolute Gasteiger partial charge is 0.497 e. The summed E-state index contributed by atoms with van der Waals surface area (Å²) < 4.78 is 32.6. The van der Waals surface area contributed by atoms with Crippen molar-refractivity contribution in [3.8, 4) is 17.0 Å². The summed E-state index contributed by atoms with van der Waals surface area (Å²) in [6.07, 6.45) is 7.86. The van der Waals surface area contributed by atoms with E-state index in [4.69, 9.17) is 19.7 Å². The van der Waals surface area contributed by atoms with Gasteiger partial charge in [-0.2, -0.15) is 8.42 Å². The SMILES string of the molecule is COOCC1=Cc2cc(OC)ccc2-c2c(C3CCCCC3)c3ccc(C(=O)NS(N)(=O)=O)cc3n2C1. The number of hydrogen-bond acceptors (Lipinski definition) is 6. The molecule has 2 aromatic carbocycles. The number of carbonyl (C=O) groups excluding carboxylic acids is 1. The van der Waals surface area contributed by atoms with Crippen LogP contribution in [0.1, 0.15) is 59.5 Å². The predicted octanol–water partition coefficient (Wildman–Crippen LogP) is 4.27. The first-order chi connectivity index (χ1) is 17.8. The van der Waals surface area contributed by atoms with Crippen molar-refractivity contribution < 1.29 is 27.7 Å². The number of ether oxygens (including phenoxy) is 1. The van der Waals surface area contributed by atoms with Crippen molar-refractivity contribution in [3.05, 3.63) is 58.7 Å². The number of rotatable bonds is 7. The molecule has 0 saturated heterocycles. The van der Waals surface area contributed by atoms with E-state index in [2.05, 4.69) is 16.7 Å². The summed E-state index contributed by atoms with van der Waals surface area (Å²) in [5.41, 5.74) is 6.50. The Morgan fingerprint density at radius 2 is 1.89 bits per heavy atom. The average Bonchev–Trinajstić information content (AvgIpc) is 3.10. The van der Waals surface area contributed by atoms with Crippen molar-refractivity contribution in [1.82, 2.24) is 9.29 Å². The fourth-order valence-corrected chi connectivity index (χ4v) is 6.03. The summed E-state index contributed by atoms with van der Waals surface area (Å²) in [5.74, 6) is 0.368. The summed E-state index contributed by atoms with van der Waals surface area (Å²) in [6, 6.07) is 11.4. The molecule has 0 atom stereocenters. The lowest BCUT2D eigenvalue weighted by molar-refractivity contribution is -0.265. The van der Waals surface area contributed by atoms with Gasteiger partial charge in [-0.1, -0.05) is 31.4 Å². The minimum absolute atomic E-state index is 0.217. The summed E-state index contributed by atoms with van der Waals surface area (Å²) >= 11 is 0. The lowest BCUT2D eigenvalue weighted by atomic mass is 9.81. The van der Waals surface area contributed by atoms with Gasteiger partial charge in [0.1, 0.15) is 12.4 Å². The molecule has 3 N–H and O–H groups in total. The number of nitrogens with zero attached hydrogens (tertiary/aromatic N) is 1. The van der Waals surface area contributed by atoms with E-state index in [-0.39, 0.29) is 12.2 Å². The van der Waals surface area contributed by atoms with Crippen molar-refractivity contribution >= 4 is 33.1 Å². The van der Waals surface area contributed by atoms with Crippen LogP contribution < -0.4 is 14.6 Å². The number of aromatic nitrogens is 1. The molecule has 10 heteroatoms. The molecule has 2 heterocycles. The van der Waals surface area contributed by atoms with Gasteiger partial charge in [-0.05, 0) is 65.8 Å². The number of nitrogens with one attached hydrogen (secondary N) is 1. The van der Waals surface area contributed by atoms with Gasteiger partial charge < -0.3 is 9.30 Å². The number of hydrogen-bond donors (Lipinski definition) is 2. The second-order valence-corrected chi connectivity index (χ2v) is 10.9. The molecule has 2 aliphatic rings. The molecule has 5 rings (SSSR count). The van der Waals surface area contributed by atoms with E-state index in [0.717, 1.165) is 51.9 Å². The molecule has 1 fully saturated rings. The molecule has 0 spiro atoms. The van der Waals surface area contributed by atoms with E-state index in [1.165, 1.54) is 31.9 Å². The summed E-state index contributed by atoms with van der Waals surface area (Å²) in [4.78, 5) is 22.9. The highest BCUT2D eigenvalue weighted by Crippen LogP contribution is 2.47. The van der Waals surface area contributed by atoms with Crippen molar-refractivity contribution in [1.29, 1.82) is 0 Å². The third-order valence-electron chi connectivity index (χ3n) is 7.21. The van der Waals surface area contributed by atoms with Crippen LogP contribution >= 0.6 is 0 Å². The van der Waals surface area contributed by atoms with Gasteiger partial charge in [0.05, 0.1) is 19.9 Å². The van der Waals surface area contributed by atoms with Crippen LogP contribution in [0, 0.1) is 0 Å². The molecule has 3 aromatic rings. The van der Waals surface area contributed by atoms with E-state index in [1.54, 1.807) is 19.2 Å². The Kier molecular flexibility index (Phi) is 7.09. The molecular weight excluding hydrogens is 494 g/mol. The van der Waals surface area contributed by atoms with Gasteiger partial charge in [0, 0.05) is 28.6 Å². The first-order valence-corrected chi connectivity index (χ1v) is 13.9. The normalized spacial score (nSPS) is 16.0. The standard InChI is InChI=1S/C27H31N3O6S/c1-34-21-9-11-22-20(13-21)12-17(16-36-35-2)15-30-24-14-19(27(31)29-37(28,32)33)8-10-23(24)25(26(22)30)18-6-4-3-5-7-18/h8-14,18H,3-7,15-16H2,1-2H3,(H,29,31)(H2,28,32,33). The Morgan fingerprint density at radius 3 is 2.59 bits per heavy atom. The highest BCUT2D eigenvalue weighted by molar-refractivity contribution is 7.87. The molecule has 0 unspecified atom stereocenters. The van der Waals surface area contributed by atoms with Gasteiger partial charge >= 0.3 is 0 Å². The Hall–Kier alpha value is -3.18. The van der Waals surface area contributed by atoms with Gasteiger partial charge in [0.25, 0.3) is 16.1 Å². The Morgan fingerprint density at radius 1 is 1.11 bits per heavy atom. The molecule has 1 saturated carbocycles. The zero-order valence-electron chi connectivity index (χ0n) is 21.0. The molecule has 1 aliphatic heterocycles. The number of carbonyl (C=O) groups is 1. The lowest BCUT2D eigenvalue weighted by Crippen LogP contribution is -2.35. The molecule has 9 nitrogen and oxygen atoms in total. The molecular formula is C27H31N3O6S. The van der Waals surface area contributed by atoms with Crippen LogP contribution in [-0.2, 0) is 26.5 Å². The molecule has 1 aromatic heterocycles. The van der Waals surface area contributed by atoms with Crippen molar-refractivity contribution in [2.45, 2.75) is 44.6 Å². The summed E-state index contributed by atoms with van der Waals surface area (Å²) in [7, 11) is -1.06. The minimum atomic E-state index is -4.18. The van der Waals surface area contributed by atoms with E-state index >= 15 is 0 Å². The zero-order valence-corrected chi connectivity index (χ0v) is 21.8. The number of nitrogens with two attached hydrogens (primary N) is 1. The van der Waals surface area contributed by atoms with Crippen molar-refractivity contribution in [2.75, 3.05) is 20.8 Å². The topological polar surface area (TPSA) is 122 Å². The quantitative estimate of drug-likeness (QED) is 0.351. The number of methoxy groups -OCH3 is 1. The number of benzene rings is 2. The highest BCUT2D eigenvalue weighted by Gasteiger charge is 2.29. The Bertz CT molecular complexity index is 1490. The molecule has 196 valence electrons. The van der Waals surface area contributed by atoms with Crippen LogP contribution in [0.15, 0.2) is 42.0 Å². The first-order valence-electron chi connectivity index (χ1n) is 12.3. The number of amides is 1. The fourth-order valence-electron chi connectivity index (χ4n) is 5.66. The molecule has 1 aliphatic carbocycles. The van der Waals surface area contributed by atoms with Crippen LogP contribution in [-0.4, -0.2) is 39.7 Å². The summed E-state index contributed by atoms with van der Waals surface area (Å²) in [6.45, 7) is 0.774. The van der Waals surface area contributed by atoms with Gasteiger partial charge in [-0.15, -0.1) is 0 Å². The lowest BCUT2D eigenvalue weighted by Gasteiger charge is -2.24. The third kappa shape index (κ3) is 5.15. The van der Waals surface area contributed by atoms with Crippen LogP contribution in [0.4, 0.5) is 0 Å².